The molecule has 1 radical (unpaired) electrons. The Morgan fingerprint density at radius 3 is 2.69 bits per heavy atom. The normalized spacial score (nSPS) is 10.8. The van der Waals surface area contributed by atoms with Gasteiger partial charge in [0, 0.05) is 10.9 Å². The maximum absolute atomic E-state index is 12.4. The van der Waals surface area contributed by atoms with Crippen LogP contribution in [0.4, 0.5) is 4.39 Å². The number of alkyl halides is 1. The standard InChI is InChI=1S/C11H13ClF/c1-3-9-10(8(2)7-13)5-4-6-11(9)12/h4-6H,3,7H2,1-2H3. The van der Waals surface area contributed by atoms with E-state index in [0.717, 1.165) is 28.5 Å². The molecule has 0 unspecified atom stereocenters. The third-order valence-electron chi connectivity index (χ3n) is 2.13. The van der Waals surface area contributed by atoms with Gasteiger partial charge in [-0.25, -0.2) is 0 Å². The van der Waals surface area contributed by atoms with Gasteiger partial charge >= 0.3 is 0 Å². The number of halogens is 2. The van der Waals surface area contributed by atoms with Gasteiger partial charge in [0.1, 0.15) is 0 Å². The number of rotatable bonds is 3. The first-order valence-electron chi connectivity index (χ1n) is 4.36. The fourth-order valence-electron chi connectivity index (χ4n) is 1.39. The van der Waals surface area contributed by atoms with Gasteiger partial charge in [-0.2, -0.15) is 0 Å². The van der Waals surface area contributed by atoms with Crippen molar-refractivity contribution in [2.45, 2.75) is 20.3 Å². The number of hydrogen-bond donors (Lipinski definition) is 0. The molecule has 0 aliphatic heterocycles. The average Bonchev–Trinajstić information content (AvgIpc) is 2.16. The summed E-state index contributed by atoms with van der Waals surface area (Å²) in [6.07, 6.45) is 0.840. The van der Waals surface area contributed by atoms with Crippen LogP contribution in [-0.4, -0.2) is 6.67 Å². The predicted octanol–water partition coefficient (Wildman–Crippen LogP) is 3.81. The summed E-state index contributed by atoms with van der Waals surface area (Å²) in [4.78, 5) is 0. The van der Waals surface area contributed by atoms with Crippen LogP contribution in [0.25, 0.3) is 0 Å². The summed E-state index contributed by atoms with van der Waals surface area (Å²) in [5.74, 6) is 0.749. The maximum Gasteiger partial charge on any atom is 0.0997 e. The first kappa shape index (κ1) is 10.5. The Labute approximate surface area is 83.7 Å². The quantitative estimate of drug-likeness (QED) is 0.695. The van der Waals surface area contributed by atoms with E-state index in [1.54, 1.807) is 6.92 Å². The van der Waals surface area contributed by atoms with Gasteiger partial charge in [-0.1, -0.05) is 37.6 Å². The van der Waals surface area contributed by atoms with Gasteiger partial charge in [-0.05, 0) is 23.6 Å². The van der Waals surface area contributed by atoms with Crippen LogP contribution in [0.2, 0.25) is 5.02 Å². The summed E-state index contributed by atoms with van der Waals surface area (Å²) in [6, 6.07) is 5.62. The molecule has 0 aliphatic carbocycles. The molecule has 0 aromatic heterocycles. The lowest BCUT2D eigenvalue weighted by atomic mass is 9.95. The summed E-state index contributed by atoms with van der Waals surface area (Å²) in [5.41, 5.74) is 2.00. The summed E-state index contributed by atoms with van der Waals surface area (Å²) in [6.45, 7) is 3.41. The summed E-state index contributed by atoms with van der Waals surface area (Å²) in [7, 11) is 0. The minimum atomic E-state index is -0.409. The van der Waals surface area contributed by atoms with Gasteiger partial charge in [0.15, 0.2) is 0 Å². The smallest absolute Gasteiger partial charge is 0.0997 e. The molecule has 0 aliphatic rings. The van der Waals surface area contributed by atoms with Gasteiger partial charge in [0.2, 0.25) is 0 Å². The molecule has 71 valence electrons. The van der Waals surface area contributed by atoms with Crippen LogP contribution < -0.4 is 0 Å². The molecule has 0 heterocycles. The van der Waals surface area contributed by atoms with Gasteiger partial charge < -0.3 is 0 Å². The molecule has 0 atom stereocenters. The van der Waals surface area contributed by atoms with Crippen molar-refractivity contribution >= 4 is 11.6 Å². The maximum atomic E-state index is 12.4. The van der Waals surface area contributed by atoms with Gasteiger partial charge in [-0.3, -0.25) is 4.39 Å². The molecule has 0 saturated carbocycles. The summed E-state index contributed by atoms with van der Waals surface area (Å²) < 4.78 is 12.4. The van der Waals surface area contributed by atoms with E-state index in [2.05, 4.69) is 0 Å². The zero-order chi connectivity index (χ0) is 9.84. The third kappa shape index (κ3) is 2.22. The molecule has 0 fully saturated rings. The fraction of sp³-hybridized carbons (Fsp3) is 0.364. The molecule has 0 bridgehead atoms. The first-order valence-corrected chi connectivity index (χ1v) is 4.74. The van der Waals surface area contributed by atoms with Crippen molar-refractivity contribution in [3.05, 3.63) is 40.3 Å². The van der Waals surface area contributed by atoms with Crippen molar-refractivity contribution in [3.8, 4) is 0 Å². The third-order valence-corrected chi connectivity index (χ3v) is 2.49. The molecule has 1 aromatic rings. The Bertz CT molecular complexity index is 283. The van der Waals surface area contributed by atoms with Crippen LogP contribution in [0.3, 0.4) is 0 Å². The molecular formula is C11H13ClF. The average molecular weight is 200 g/mol. The van der Waals surface area contributed by atoms with E-state index in [4.69, 9.17) is 11.6 Å². The Hall–Kier alpha value is -0.560. The van der Waals surface area contributed by atoms with E-state index >= 15 is 0 Å². The highest BCUT2D eigenvalue weighted by Crippen LogP contribution is 2.26. The summed E-state index contributed by atoms with van der Waals surface area (Å²) in [5, 5.41) is 0.729. The molecule has 1 rings (SSSR count). The molecule has 0 amide bonds. The molecule has 0 spiro atoms. The fourth-order valence-corrected chi connectivity index (χ4v) is 1.70. The zero-order valence-corrected chi connectivity index (χ0v) is 8.66. The van der Waals surface area contributed by atoms with E-state index in [0.29, 0.717) is 0 Å². The van der Waals surface area contributed by atoms with Crippen LogP contribution in [0, 0.1) is 5.92 Å². The van der Waals surface area contributed by atoms with E-state index in [1.165, 1.54) is 0 Å². The molecule has 0 saturated heterocycles. The zero-order valence-electron chi connectivity index (χ0n) is 7.90. The van der Waals surface area contributed by atoms with Crippen molar-refractivity contribution in [3.63, 3.8) is 0 Å². The lowest BCUT2D eigenvalue weighted by Crippen LogP contribution is -2.01. The van der Waals surface area contributed by atoms with Crippen molar-refractivity contribution in [1.29, 1.82) is 0 Å². The molecular weight excluding hydrogens is 187 g/mol. The molecule has 0 nitrogen and oxygen atoms in total. The van der Waals surface area contributed by atoms with Crippen LogP contribution in [0.5, 0.6) is 0 Å². The topological polar surface area (TPSA) is 0 Å². The highest BCUT2D eigenvalue weighted by atomic mass is 35.5. The lowest BCUT2D eigenvalue weighted by molar-refractivity contribution is 0.515. The van der Waals surface area contributed by atoms with E-state index in [1.807, 2.05) is 25.1 Å². The monoisotopic (exact) mass is 199 g/mol. The molecule has 1 aromatic carbocycles. The minimum Gasteiger partial charge on any atom is -0.250 e. The van der Waals surface area contributed by atoms with E-state index in [-0.39, 0.29) is 0 Å². The van der Waals surface area contributed by atoms with Crippen molar-refractivity contribution < 1.29 is 4.39 Å². The van der Waals surface area contributed by atoms with E-state index < -0.39 is 6.67 Å². The van der Waals surface area contributed by atoms with Crippen LogP contribution >= 0.6 is 11.6 Å². The second-order valence-electron chi connectivity index (χ2n) is 3.03. The van der Waals surface area contributed by atoms with Crippen LogP contribution in [0.1, 0.15) is 25.0 Å². The summed E-state index contributed by atoms with van der Waals surface area (Å²) >= 11 is 5.99. The predicted molar refractivity (Wildman–Crippen MR) is 54.8 cm³/mol. The first-order chi connectivity index (χ1) is 6.20. The minimum absolute atomic E-state index is 0.409. The van der Waals surface area contributed by atoms with Gasteiger partial charge in [0.25, 0.3) is 0 Å². The molecule has 2 heteroatoms. The van der Waals surface area contributed by atoms with Gasteiger partial charge in [-0.15, -0.1) is 0 Å². The second kappa shape index (κ2) is 4.61. The largest absolute Gasteiger partial charge is 0.250 e. The Kier molecular flexibility index (Phi) is 3.73. The number of hydrogen-bond acceptors (Lipinski definition) is 0. The molecule has 13 heavy (non-hydrogen) atoms. The van der Waals surface area contributed by atoms with Crippen molar-refractivity contribution in [2.75, 3.05) is 6.67 Å². The number of benzene rings is 1. The second-order valence-corrected chi connectivity index (χ2v) is 3.44. The Balaban J connectivity index is 3.12. The highest BCUT2D eigenvalue weighted by Gasteiger charge is 2.11. The lowest BCUT2D eigenvalue weighted by Gasteiger charge is -2.12. The van der Waals surface area contributed by atoms with E-state index in [9.17, 15) is 4.39 Å². The molecule has 0 N–H and O–H groups in total. The van der Waals surface area contributed by atoms with Gasteiger partial charge in [0.05, 0.1) is 6.67 Å². The highest BCUT2D eigenvalue weighted by molar-refractivity contribution is 6.31. The van der Waals surface area contributed by atoms with Crippen LogP contribution in [-0.2, 0) is 6.42 Å². The SMILES string of the molecule is CCc1c(Cl)cccc1[C](C)CF. The van der Waals surface area contributed by atoms with Crippen molar-refractivity contribution in [2.24, 2.45) is 0 Å². The Morgan fingerprint density at radius 2 is 2.15 bits per heavy atom. The Morgan fingerprint density at radius 1 is 1.46 bits per heavy atom. The van der Waals surface area contributed by atoms with Crippen LogP contribution in [0.15, 0.2) is 18.2 Å². The van der Waals surface area contributed by atoms with Crippen molar-refractivity contribution in [1.82, 2.24) is 0 Å².